The molecule has 5 N–H and O–H groups in total. The van der Waals surface area contributed by atoms with Crippen molar-refractivity contribution in [3.8, 4) is 16.9 Å². The predicted molar refractivity (Wildman–Crippen MR) is 188 cm³/mol. The first-order valence-corrected chi connectivity index (χ1v) is 16.3. The van der Waals surface area contributed by atoms with Gasteiger partial charge in [0.25, 0.3) is 5.91 Å². The monoisotopic (exact) mass is 643 g/mol. The van der Waals surface area contributed by atoms with E-state index in [-0.39, 0.29) is 18.2 Å². The van der Waals surface area contributed by atoms with Gasteiger partial charge < -0.3 is 31.1 Å². The molecule has 0 bridgehead atoms. The molecule has 5 rings (SSSR count). The van der Waals surface area contributed by atoms with Gasteiger partial charge in [0.2, 0.25) is 5.91 Å². The largest absolute Gasteiger partial charge is 0.494 e. The number of rotatable bonds is 12. The topological polar surface area (TPSA) is 129 Å². The number of amidine groups is 1. The summed E-state index contributed by atoms with van der Waals surface area (Å²) in [5.41, 5.74) is 11.1. The highest BCUT2D eigenvalue weighted by Gasteiger charge is 2.21. The highest BCUT2D eigenvalue weighted by atomic mass is 32.1. The number of fused-ring (bicyclic) bond motifs is 1. The van der Waals surface area contributed by atoms with E-state index in [2.05, 4.69) is 28.3 Å². The van der Waals surface area contributed by atoms with Crippen LogP contribution in [0.1, 0.15) is 49.0 Å². The van der Waals surface area contributed by atoms with Crippen LogP contribution in [0.25, 0.3) is 17.2 Å². The summed E-state index contributed by atoms with van der Waals surface area (Å²) in [4.78, 5) is 33.5. The van der Waals surface area contributed by atoms with Crippen molar-refractivity contribution in [3.63, 3.8) is 0 Å². The van der Waals surface area contributed by atoms with Crippen LogP contribution in [-0.2, 0) is 4.79 Å². The number of benzene rings is 3. The van der Waals surface area contributed by atoms with Crippen LogP contribution in [0.3, 0.4) is 0 Å². The molecule has 10 heteroatoms. The number of aliphatic hydroxyl groups excluding tert-OH is 1. The number of carbonyl (C=O) groups excluding carboxylic acids is 2. The van der Waals surface area contributed by atoms with E-state index < -0.39 is 0 Å². The Kier molecular flexibility index (Phi) is 13.3. The van der Waals surface area contributed by atoms with Crippen molar-refractivity contribution < 1.29 is 19.4 Å². The van der Waals surface area contributed by atoms with Crippen LogP contribution in [0.2, 0.25) is 0 Å². The summed E-state index contributed by atoms with van der Waals surface area (Å²) in [6.07, 6.45) is 3.64. The quantitative estimate of drug-likeness (QED) is 0.138. The first-order chi connectivity index (χ1) is 22.3. The molecule has 2 aliphatic rings. The number of nitrogens with two attached hydrogens (primary N) is 1. The Morgan fingerprint density at radius 1 is 1.07 bits per heavy atom. The number of carbonyl (C=O) groups is 2. The Bertz CT molecular complexity index is 1530. The molecule has 0 atom stereocenters. The third kappa shape index (κ3) is 9.94. The van der Waals surface area contributed by atoms with Crippen molar-refractivity contribution >= 4 is 42.0 Å². The number of thiol groups is 1. The second-order valence-corrected chi connectivity index (χ2v) is 11.9. The van der Waals surface area contributed by atoms with Crippen molar-refractivity contribution in [3.05, 3.63) is 83.4 Å². The van der Waals surface area contributed by atoms with Gasteiger partial charge in [-0.05, 0) is 79.4 Å². The summed E-state index contributed by atoms with van der Waals surface area (Å²) in [6, 6.07) is 21.0. The van der Waals surface area contributed by atoms with Crippen molar-refractivity contribution in [2.75, 3.05) is 45.9 Å². The van der Waals surface area contributed by atoms with Crippen LogP contribution in [0.5, 0.6) is 5.75 Å². The number of nitrogens with one attached hydrogen (secondary N) is 2. The van der Waals surface area contributed by atoms with E-state index in [9.17, 15) is 9.59 Å². The average Bonchev–Trinajstić information content (AvgIpc) is 3.20. The molecule has 0 aliphatic carbocycles. The summed E-state index contributed by atoms with van der Waals surface area (Å²) in [5.74, 6) is 1.49. The minimum Gasteiger partial charge on any atom is -0.494 e. The highest BCUT2D eigenvalue weighted by Crippen LogP contribution is 2.32. The Labute approximate surface area is 277 Å². The van der Waals surface area contributed by atoms with Crippen LogP contribution in [0, 0.1) is 5.92 Å². The molecular formula is C36H45N5O4S. The molecule has 3 aromatic carbocycles. The van der Waals surface area contributed by atoms with E-state index in [1.54, 1.807) is 24.3 Å². The molecule has 2 heterocycles. The predicted octanol–water partition coefficient (Wildman–Crippen LogP) is 5.07. The van der Waals surface area contributed by atoms with Crippen molar-refractivity contribution in [2.24, 2.45) is 16.6 Å². The number of nitrogens with zero attached hydrogens (tertiary/aromatic N) is 2. The van der Waals surface area contributed by atoms with E-state index in [4.69, 9.17) is 15.6 Å². The summed E-state index contributed by atoms with van der Waals surface area (Å²) in [6.45, 7) is 8.51. The molecule has 0 spiro atoms. The summed E-state index contributed by atoms with van der Waals surface area (Å²) in [7, 11) is 0. The fourth-order valence-electron chi connectivity index (χ4n) is 5.10. The summed E-state index contributed by atoms with van der Waals surface area (Å²) < 4.78 is 5.43. The van der Waals surface area contributed by atoms with Gasteiger partial charge in [0, 0.05) is 73.3 Å². The number of hydrogen-bond acceptors (Lipinski definition) is 8. The fourth-order valence-corrected chi connectivity index (χ4v) is 5.33. The zero-order valence-corrected chi connectivity index (χ0v) is 27.6. The standard InChI is InChI=1S/C32H36N4O3S.C4H9NO/c1-3-16-36(17-6-15-34-31(37)22-11-13-27(14-12-22)39-4-2)32(38)26-18-25-10-9-24(20-29(25)35-30(33)21-26)23-7-5-8-28(40)19-23;6-3-4-1-5-2-4/h5,7-14,18-20,40H,3-4,6,15-17,21H2,1-2H3,(H2,33,35)(H,34,37);4-6H,1-3H2. The zero-order chi connectivity index (χ0) is 32.9. The third-order valence-electron chi connectivity index (χ3n) is 7.67. The molecule has 0 aromatic heterocycles. The summed E-state index contributed by atoms with van der Waals surface area (Å²) in [5, 5.41) is 14.3. The van der Waals surface area contributed by atoms with Gasteiger partial charge in [0.05, 0.1) is 12.3 Å². The minimum atomic E-state index is -0.149. The normalized spacial score (nSPS) is 13.9. The van der Waals surface area contributed by atoms with Gasteiger partial charge in [0.1, 0.15) is 11.6 Å². The molecule has 1 saturated heterocycles. The molecule has 1 fully saturated rings. The van der Waals surface area contributed by atoms with E-state index >= 15 is 0 Å². The second kappa shape index (κ2) is 17.5. The van der Waals surface area contributed by atoms with E-state index in [0.29, 0.717) is 62.2 Å². The Morgan fingerprint density at radius 2 is 1.83 bits per heavy atom. The molecule has 46 heavy (non-hydrogen) atoms. The molecule has 9 nitrogen and oxygen atoms in total. The van der Waals surface area contributed by atoms with Crippen molar-refractivity contribution in [2.45, 2.75) is 38.0 Å². The SMILES string of the molecule is CCCN(CCCNC(=O)c1ccc(OCC)cc1)C(=O)C1=Cc2ccc(-c3cccc(S)c3)cc2N=C(N)C1.OCC1CNC1. The lowest BCUT2D eigenvalue weighted by molar-refractivity contribution is -0.127. The maximum absolute atomic E-state index is 13.6. The molecule has 2 aliphatic heterocycles. The van der Waals surface area contributed by atoms with Crippen LogP contribution in [-0.4, -0.2) is 73.6 Å². The molecule has 2 amide bonds. The van der Waals surface area contributed by atoms with Crippen molar-refractivity contribution in [1.82, 2.24) is 15.5 Å². The average molecular weight is 644 g/mol. The molecule has 0 unspecified atom stereocenters. The minimum absolute atomic E-state index is 0.0578. The number of ether oxygens (including phenoxy) is 1. The number of amides is 2. The Hall–Kier alpha value is -4.12. The molecule has 0 saturated carbocycles. The lowest BCUT2D eigenvalue weighted by atomic mass is 10.0. The molecular weight excluding hydrogens is 598 g/mol. The van der Waals surface area contributed by atoms with Gasteiger partial charge in [-0.1, -0.05) is 31.2 Å². The van der Waals surface area contributed by atoms with Gasteiger partial charge >= 0.3 is 0 Å². The maximum Gasteiger partial charge on any atom is 0.251 e. The second-order valence-electron chi connectivity index (χ2n) is 11.3. The molecule has 244 valence electrons. The molecule has 0 radical (unpaired) electrons. The van der Waals surface area contributed by atoms with Crippen molar-refractivity contribution in [1.29, 1.82) is 0 Å². The first-order valence-electron chi connectivity index (χ1n) is 15.9. The van der Waals surface area contributed by atoms with Gasteiger partial charge in [0.15, 0.2) is 0 Å². The number of aliphatic imine (C=N–C) groups is 1. The Balaban J connectivity index is 0.000000717. The smallest absolute Gasteiger partial charge is 0.251 e. The van der Waals surface area contributed by atoms with Crippen LogP contribution >= 0.6 is 12.6 Å². The third-order valence-corrected chi connectivity index (χ3v) is 7.95. The van der Waals surface area contributed by atoms with Crippen LogP contribution in [0.15, 0.2) is 82.2 Å². The van der Waals surface area contributed by atoms with Gasteiger partial charge in [-0.3, -0.25) is 9.59 Å². The molecule has 3 aromatic rings. The van der Waals surface area contributed by atoms with Crippen LogP contribution < -0.4 is 21.1 Å². The maximum atomic E-state index is 13.6. The summed E-state index contributed by atoms with van der Waals surface area (Å²) >= 11 is 4.45. The van der Waals surface area contributed by atoms with Gasteiger partial charge in [-0.25, -0.2) is 4.99 Å². The zero-order valence-electron chi connectivity index (χ0n) is 26.7. The highest BCUT2D eigenvalue weighted by molar-refractivity contribution is 7.80. The Morgan fingerprint density at radius 3 is 2.46 bits per heavy atom. The van der Waals surface area contributed by atoms with E-state index in [1.165, 1.54) is 0 Å². The van der Waals surface area contributed by atoms with Gasteiger partial charge in [-0.2, -0.15) is 0 Å². The van der Waals surface area contributed by atoms with Crippen LogP contribution in [0.4, 0.5) is 5.69 Å². The van der Waals surface area contributed by atoms with E-state index in [0.717, 1.165) is 52.5 Å². The number of aliphatic hydroxyl groups is 1. The van der Waals surface area contributed by atoms with Gasteiger partial charge in [-0.15, -0.1) is 12.6 Å². The lowest BCUT2D eigenvalue weighted by Gasteiger charge is -2.24. The van der Waals surface area contributed by atoms with E-state index in [1.807, 2.05) is 67.3 Å². The lowest BCUT2D eigenvalue weighted by Crippen LogP contribution is -2.43. The first kappa shape index (κ1) is 34.7. The number of hydrogen-bond donors (Lipinski definition) is 5. The fraction of sp³-hybridized carbons (Fsp3) is 0.361.